The summed E-state index contributed by atoms with van der Waals surface area (Å²) in [6.07, 6.45) is 18.6. The van der Waals surface area contributed by atoms with Crippen LogP contribution in [-0.2, 0) is 13.1 Å². The second-order valence-corrected chi connectivity index (χ2v) is 5.22. The lowest BCUT2D eigenvalue weighted by Gasteiger charge is -2.00. The number of unbranched alkanes of at least 4 members (excludes halogenated alkanes) is 7. The molecule has 0 fully saturated rings. The van der Waals surface area contributed by atoms with Crippen LogP contribution >= 0.6 is 0 Å². The predicted molar refractivity (Wildman–Crippen MR) is 77.2 cm³/mol. The fraction of sp³-hybridized carbons (Fsp3) is 0.750. The van der Waals surface area contributed by atoms with Crippen LogP contribution in [0.3, 0.4) is 0 Å². The standard InChI is InChI=1S/C16H30N2/c1-3-5-6-7-8-9-10-11-13-18-15-14-17(16-18)12-4-2/h14-16H,2-13H2,1H3/q+1. The number of hydrogen-bond donors (Lipinski definition) is 0. The zero-order valence-corrected chi connectivity index (χ0v) is 12.1. The van der Waals surface area contributed by atoms with Crippen molar-refractivity contribution in [3.63, 3.8) is 0 Å². The van der Waals surface area contributed by atoms with Gasteiger partial charge in [0.15, 0.2) is 0 Å². The van der Waals surface area contributed by atoms with Crippen LogP contribution < -0.4 is 4.57 Å². The Bertz CT molecular complexity index is 291. The van der Waals surface area contributed by atoms with E-state index in [0.29, 0.717) is 0 Å². The molecule has 0 spiro atoms. The summed E-state index contributed by atoms with van der Waals surface area (Å²) in [6, 6.07) is 0. The third-order valence-electron chi connectivity index (χ3n) is 3.43. The molecule has 103 valence electrons. The highest BCUT2D eigenvalue weighted by atomic mass is 15.1. The first-order chi connectivity index (χ1) is 8.86. The van der Waals surface area contributed by atoms with Crippen molar-refractivity contribution < 1.29 is 4.57 Å². The first kappa shape index (κ1) is 15.3. The molecule has 0 aliphatic rings. The molecule has 0 aliphatic carbocycles. The van der Waals surface area contributed by atoms with Crippen molar-refractivity contribution >= 4 is 0 Å². The maximum Gasteiger partial charge on any atom is 0.243 e. The lowest BCUT2D eigenvalue weighted by atomic mass is 10.1. The summed E-state index contributed by atoms with van der Waals surface area (Å²) in [7, 11) is 0. The normalized spacial score (nSPS) is 11.0. The van der Waals surface area contributed by atoms with Gasteiger partial charge in [0.25, 0.3) is 0 Å². The lowest BCUT2D eigenvalue weighted by Crippen LogP contribution is -2.30. The first-order valence-corrected chi connectivity index (χ1v) is 7.71. The Morgan fingerprint density at radius 3 is 2.33 bits per heavy atom. The Kier molecular flexibility index (Phi) is 8.62. The van der Waals surface area contributed by atoms with E-state index in [-0.39, 0.29) is 0 Å². The average Bonchev–Trinajstić information content (AvgIpc) is 2.81. The van der Waals surface area contributed by atoms with E-state index < -0.39 is 0 Å². The summed E-state index contributed by atoms with van der Waals surface area (Å²) in [5.74, 6) is 0. The third kappa shape index (κ3) is 6.83. The Labute approximate surface area is 113 Å². The van der Waals surface area contributed by atoms with Crippen molar-refractivity contribution in [1.82, 2.24) is 4.57 Å². The quantitative estimate of drug-likeness (QED) is 0.412. The lowest BCUT2D eigenvalue weighted by molar-refractivity contribution is -0.695. The molecule has 0 amide bonds. The van der Waals surface area contributed by atoms with Crippen LogP contribution in [0, 0.1) is 6.92 Å². The van der Waals surface area contributed by atoms with Crippen LogP contribution in [0.25, 0.3) is 0 Å². The van der Waals surface area contributed by atoms with E-state index in [2.05, 4.69) is 41.7 Å². The van der Waals surface area contributed by atoms with Crippen molar-refractivity contribution in [2.24, 2.45) is 0 Å². The van der Waals surface area contributed by atoms with E-state index in [9.17, 15) is 0 Å². The number of imidazole rings is 1. The molecule has 0 atom stereocenters. The molecule has 2 nitrogen and oxygen atoms in total. The van der Waals surface area contributed by atoms with Crippen molar-refractivity contribution in [2.75, 3.05) is 0 Å². The van der Waals surface area contributed by atoms with Crippen LogP contribution in [0.2, 0.25) is 0 Å². The predicted octanol–water partition coefficient (Wildman–Crippen LogP) is 4.14. The molecule has 0 aromatic carbocycles. The Balaban J connectivity index is 1.96. The minimum atomic E-state index is 0.965. The molecule has 0 saturated carbocycles. The average molecular weight is 250 g/mol. The minimum absolute atomic E-state index is 0.965. The Morgan fingerprint density at radius 2 is 1.67 bits per heavy atom. The molecule has 0 unspecified atom stereocenters. The molecular formula is C16H30N2+. The molecule has 0 saturated heterocycles. The summed E-state index contributed by atoms with van der Waals surface area (Å²) in [5, 5.41) is 0. The van der Waals surface area contributed by atoms with Gasteiger partial charge in [-0.15, -0.1) is 0 Å². The third-order valence-corrected chi connectivity index (χ3v) is 3.43. The number of nitrogens with zero attached hydrogens (tertiary/aromatic N) is 2. The van der Waals surface area contributed by atoms with Gasteiger partial charge in [-0.2, -0.15) is 0 Å². The number of aryl methyl sites for hydroxylation is 2. The summed E-state index contributed by atoms with van der Waals surface area (Å²) in [4.78, 5) is 0. The Morgan fingerprint density at radius 1 is 1.00 bits per heavy atom. The van der Waals surface area contributed by atoms with E-state index in [1.807, 2.05) is 0 Å². The zero-order chi connectivity index (χ0) is 13.1. The van der Waals surface area contributed by atoms with Crippen molar-refractivity contribution in [1.29, 1.82) is 0 Å². The Hall–Kier alpha value is -0.790. The molecule has 0 aliphatic heterocycles. The van der Waals surface area contributed by atoms with Crippen LogP contribution in [0.15, 0.2) is 18.7 Å². The van der Waals surface area contributed by atoms with E-state index in [1.54, 1.807) is 0 Å². The molecule has 1 aromatic heterocycles. The fourth-order valence-electron chi connectivity index (χ4n) is 2.31. The summed E-state index contributed by atoms with van der Waals surface area (Å²) < 4.78 is 4.52. The first-order valence-electron chi connectivity index (χ1n) is 7.71. The van der Waals surface area contributed by atoms with Gasteiger partial charge in [-0.25, -0.2) is 9.13 Å². The van der Waals surface area contributed by atoms with E-state index in [0.717, 1.165) is 13.0 Å². The summed E-state index contributed by atoms with van der Waals surface area (Å²) in [5.41, 5.74) is 0. The number of aromatic nitrogens is 2. The molecule has 1 aromatic rings. The molecule has 18 heavy (non-hydrogen) atoms. The highest BCUT2D eigenvalue weighted by Crippen LogP contribution is 2.08. The molecule has 1 rings (SSSR count). The second kappa shape index (κ2) is 10.2. The van der Waals surface area contributed by atoms with E-state index in [4.69, 9.17) is 0 Å². The molecule has 1 radical (unpaired) electrons. The largest absolute Gasteiger partial charge is 0.243 e. The van der Waals surface area contributed by atoms with Crippen LogP contribution in [0.1, 0.15) is 64.7 Å². The maximum absolute atomic E-state index is 3.88. The van der Waals surface area contributed by atoms with Crippen molar-refractivity contribution in [3.8, 4) is 0 Å². The van der Waals surface area contributed by atoms with Gasteiger partial charge in [0.1, 0.15) is 12.4 Å². The number of hydrogen-bond acceptors (Lipinski definition) is 0. The van der Waals surface area contributed by atoms with Crippen molar-refractivity contribution in [2.45, 2.75) is 77.8 Å². The van der Waals surface area contributed by atoms with Gasteiger partial charge >= 0.3 is 0 Å². The maximum atomic E-state index is 3.88. The van der Waals surface area contributed by atoms with Gasteiger partial charge in [0.05, 0.1) is 13.1 Å². The van der Waals surface area contributed by atoms with Gasteiger partial charge < -0.3 is 0 Å². The van der Waals surface area contributed by atoms with Crippen LogP contribution in [0.4, 0.5) is 0 Å². The van der Waals surface area contributed by atoms with Gasteiger partial charge in [-0.05, 0) is 26.2 Å². The molecule has 2 heteroatoms. The highest BCUT2D eigenvalue weighted by molar-refractivity contribution is 4.66. The van der Waals surface area contributed by atoms with E-state index in [1.165, 1.54) is 57.9 Å². The van der Waals surface area contributed by atoms with Gasteiger partial charge in [-0.1, -0.05) is 45.4 Å². The summed E-state index contributed by atoms with van der Waals surface area (Å²) >= 11 is 0. The molecule has 0 N–H and O–H groups in total. The van der Waals surface area contributed by atoms with Gasteiger partial charge in [0.2, 0.25) is 6.33 Å². The zero-order valence-electron chi connectivity index (χ0n) is 12.1. The molecular weight excluding hydrogens is 220 g/mol. The fourth-order valence-corrected chi connectivity index (χ4v) is 2.31. The summed E-state index contributed by atoms with van der Waals surface area (Å²) in [6.45, 7) is 8.35. The van der Waals surface area contributed by atoms with Crippen LogP contribution in [-0.4, -0.2) is 4.57 Å². The SMILES string of the molecule is [CH2]CC[n+]1ccn(CCCCCCCCCC)c1. The van der Waals surface area contributed by atoms with Gasteiger partial charge in [0, 0.05) is 0 Å². The minimum Gasteiger partial charge on any atom is -0.237 e. The van der Waals surface area contributed by atoms with Crippen LogP contribution in [0.5, 0.6) is 0 Å². The monoisotopic (exact) mass is 250 g/mol. The second-order valence-electron chi connectivity index (χ2n) is 5.22. The molecule has 0 bridgehead atoms. The van der Waals surface area contributed by atoms with E-state index >= 15 is 0 Å². The highest BCUT2D eigenvalue weighted by Gasteiger charge is 2.01. The smallest absolute Gasteiger partial charge is 0.237 e. The number of rotatable bonds is 11. The van der Waals surface area contributed by atoms with Crippen molar-refractivity contribution in [3.05, 3.63) is 25.6 Å². The van der Waals surface area contributed by atoms with Gasteiger partial charge in [-0.3, -0.25) is 0 Å². The molecule has 1 heterocycles. The topological polar surface area (TPSA) is 8.81 Å².